The number of carbonyl (C=O) groups excluding carboxylic acids is 1. The molecule has 0 bridgehead atoms. The normalized spacial score (nSPS) is 25.4. The molecule has 1 aliphatic heterocycles. The number of urea groups is 1. The number of carbonyl (C=O) groups is 1. The third-order valence-corrected chi connectivity index (χ3v) is 3.91. The molecule has 19 heavy (non-hydrogen) atoms. The van der Waals surface area contributed by atoms with E-state index in [0.717, 1.165) is 13.1 Å². The Morgan fingerprint density at radius 1 is 1.47 bits per heavy atom. The summed E-state index contributed by atoms with van der Waals surface area (Å²) in [6.45, 7) is 3.95. The molecule has 2 heterocycles. The van der Waals surface area contributed by atoms with Crippen molar-refractivity contribution in [1.82, 2.24) is 15.0 Å². The minimum atomic E-state index is -0.154. The highest BCUT2D eigenvalue weighted by Gasteiger charge is 2.38. The van der Waals surface area contributed by atoms with Crippen LogP contribution in [0.2, 0.25) is 0 Å². The number of amides is 2. The maximum atomic E-state index is 12.1. The fourth-order valence-corrected chi connectivity index (χ4v) is 3.02. The highest BCUT2D eigenvalue weighted by Crippen LogP contribution is 2.37. The van der Waals surface area contributed by atoms with E-state index in [0.29, 0.717) is 18.4 Å². The number of hydrogen-bond donors (Lipinski definition) is 1. The van der Waals surface area contributed by atoms with Crippen LogP contribution in [0, 0.1) is 11.8 Å². The molecule has 0 spiro atoms. The molecule has 2 amide bonds. The molecule has 1 saturated carbocycles. The molecule has 3 rings (SSSR count). The maximum absolute atomic E-state index is 12.1. The third-order valence-electron chi connectivity index (χ3n) is 3.91. The van der Waals surface area contributed by atoms with Crippen LogP contribution in [0.3, 0.4) is 0 Å². The smallest absolute Gasteiger partial charge is 0.418 e. The van der Waals surface area contributed by atoms with Crippen molar-refractivity contribution in [3.05, 3.63) is 0 Å². The predicted molar refractivity (Wildman–Crippen MR) is 66.9 cm³/mol. The van der Waals surface area contributed by atoms with E-state index in [1.807, 2.05) is 11.8 Å². The first kappa shape index (κ1) is 12.3. The Labute approximate surface area is 111 Å². The zero-order chi connectivity index (χ0) is 13.2. The molecule has 1 N–H and O–H groups in total. The summed E-state index contributed by atoms with van der Waals surface area (Å²) < 4.78 is 9.88. The van der Waals surface area contributed by atoms with Gasteiger partial charge < -0.3 is 9.64 Å². The molecule has 2 aliphatic rings. The van der Waals surface area contributed by atoms with Crippen molar-refractivity contribution in [2.75, 3.05) is 25.0 Å². The van der Waals surface area contributed by atoms with Crippen LogP contribution in [0.5, 0.6) is 6.08 Å². The van der Waals surface area contributed by atoms with E-state index in [1.54, 1.807) is 0 Å². The van der Waals surface area contributed by atoms with Crippen LogP contribution >= 0.6 is 0 Å². The fraction of sp³-hybridized carbons (Fsp3) is 0.750. The molecule has 0 radical (unpaired) electrons. The Kier molecular flexibility index (Phi) is 3.27. The predicted octanol–water partition coefficient (Wildman–Crippen LogP) is 1.73. The summed E-state index contributed by atoms with van der Waals surface area (Å²) in [5, 5.41) is 6.29. The van der Waals surface area contributed by atoms with Crippen molar-refractivity contribution >= 4 is 12.0 Å². The van der Waals surface area contributed by atoms with Crippen molar-refractivity contribution in [2.45, 2.75) is 26.2 Å². The molecule has 2 unspecified atom stereocenters. The summed E-state index contributed by atoms with van der Waals surface area (Å²) in [7, 11) is 0. The number of rotatable bonds is 3. The van der Waals surface area contributed by atoms with Gasteiger partial charge in [-0.05, 0) is 36.8 Å². The highest BCUT2D eigenvalue weighted by molar-refractivity contribution is 5.87. The number of fused-ring (bicyclic) bond motifs is 1. The Balaban J connectivity index is 1.56. The summed E-state index contributed by atoms with van der Waals surface area (Å²) in [5.74, 6) is 1.51. The van der Waals surface area contributed by atoms with Gasteiger partial charge in [-0.1, -0.05) is 6.42 Å². The SMILES string of the molecule is CCOc1nc(NC(=O)N2CC3CCCC3C2)no1. The lowest BCUT2D eigenvalue weighted by Gasteiger charge is -2.16. The zero-order valence-electron chi connectivity index (χ0n) is 11.0. The van der Waals surface area contributed by atoms with Crippen molar-refractivity contribution in [3.63, 3.8) is 0 Å². The highest BCUT2D eigenvalue weighted by atomic mass is 16.6. The molecule has 2 atom stereocenters. The van der Waals surface area contributed by atoms with E-state index >= 15 is 0 Å². The van der Waals surface area contributed by atoms with Gasteiger partial charge in [-0.25, -0.2) is 4.79 Å². The van der Waals surface area contributed by atoms with Crippen LogP contribution in [-0.4, -0.2) is 40.8 Å². The molecule has 1 aromatic heterocycles. The van der Waals surface area contributed by atoms with Gasteiger partial charge in [0.2, 0.25) is 0 Å². The van der Waals surface area contributed by atoms with E-state index in [9.17, 15) is 4.79 Å². The third kappa shape index (κ3) is 2.50. The molecular formula is C12H18N4O3. The van der Waals surface area contributed by atoms with E-state index < -0.39 is 0 Å². The number of aromatic nitrogens is 2. The van der Waals surface area contributed by atoms with E-state index in [4.69, 9.17) is 9.26 Å². The van der Waals surface area contributed by atoms with Crippen LogP contribution in [0.4, 0.5) is 10.7 Å². The molecule has 7 nitrogen and oxygen atoms in total. The molecule has 1 aromatic rings. The zero-order valence-corrected chi connectivity index (χ0v) is 11.0. The van der Waals surface area contributed by atoms with Gasteiger partial charge in [-0.2, -0.15) is 0 Å². The van der Waals surface area contributed by atoms with Gasteiger partial charge in [0.05, 0.1) is 6.61 Å². The molecule has 1 aliphatic carbocycles. The summed E-state index contributed by atoms with van der Waals surface area (Å²) >= 11 is 0. The summed E-state index contributed by atoms with van der Waals surface area (Å²) in [5.41, 5.74) is 0. The van der Waals surface area contributed by atoms with E-state index in [1.165, 1.54) is 19.3 Å². The number of ether oxygens (including phenoxy) is 1. The molecule has 7 heteroatoms. The van der Waals surface area contributed by atoms with Crippen LogP contribution in [0.15, 0.2) is 4.52 Å². The van der Waals surface area contributed by atoms with Gasteiger partial charge in [0.15, 0.2) is 0 Å². The average Bonchev–Trinajstić information content (AvgIpc) is 3.03. The number of nitrogens with one attached hydrogen (secondary N) is 1. The quantitative estimate of drug-likeness (QED) is 0.901. The van der Waals surface area contributed by atoms with Gasteiger partial charge >= 0.3 is 12.1 Å². The van der Waals surface area contributed by atoms with Crippen LogP contribution in [-0.2, 0) is 0 Å². The van der Waals surface area contributed by atoms with Crippen molar-refractivity contribution in [3.8, 4) is 6.08 Å². The number of nitrogens with zero attached hydrogens (tertiary/aromatic N) is 3. The second-order valence-electron chi connectivity index (χ2n) is 5.10. The van der Waals surface area contributed by atoms with Gasteiger partial charge in [-0.3, -0.25) is 9.84 Å². The standard InChI is InChI=1S/C12H18N4O3/c1-2-18-12-14-10(15-19-12)13-11(17)16-6-8-4-3-5-9(8)7-16/h8-9H,2-7H2,1H3,(H,13,15,17). The monoisotopic (exact) mass is 266 g/mol. The fourth-order valence-electron chi connectivity index (χ4n) is 3.02. The number of hydrogen-bond acceptors (Lipinski definition) is 5. The molecular weight excluding hydrogens is 248 g/mol. The summed E-state index contributed by atoms with van der Waals surface area (Å²) in [6.07, 6.45) is 3.86. The van der Waals surface area contributed by atoms with E-state index in [-0.39, 0.29) is 18.1 Å². The Bertz CT molecular complexity index is 450. The lowest BCUT2D eigenvalue weighted by molar-refractivity contribution is 0.214. The van der Waals surface area contributed by atoms with Gasteiger partial charge in [-0.15, -0.1) is 4.98 Å². The van der Waals surface area contributed by atoms with Gasteiger partial charge in [0.1, 0.15) is 0 Å². The van der Waals surface area contributed by atoms with Crippen LogP contribution in [0.25, 0.3) is 0 Å². The van der Waals surface area contributed by atoms with Crippen molar-refractivity contribution in [1.29, 1.82) is 0 Å². The lowest BCUT2D eigenvalue weighted by Crippen LogP contribution is -2.33. The first-order valence-corrected chi connectivity index (χ1v) is 6.78. The van der Waals surface area contributed by atoms with Crippen LogP contribution < -0.4 is 10.1 Å². The summed E-state index contributed by atoms with van der Waals surface area (Å²) in [4.78, 5) is 17.8. The topological polar surface area (TPSA) is 80.5 Å². The Morgan fingerprint density at radius 3 is 2.89 bits per heavy atom. The maximum Gasteiger partial charge on any atom is 0.418 e. The van der Waals surface area contributed by atoms with Gasteiger partial charge in [0, 0.05) is 13.1 Å². The Morgan fingerprint density at radius 2 is 2.21 bits per heavy atom. The molecule has 0 aromatic carbocycles. The van der Waals surface area contributed by atoms with Crippen molar-refractivity contribution < 1.29 is 14.1 Å². The first-order valence-electron chi connectivity index (χ1n) is 6.78. The number of anilines is 1. The van der Waals surface area contributed by atoms with Gasteiger partial charge in [0.25, 0.3) is 5.95 Å². The minimum absolute atomic E-state index is 0.0797. The first-order chi connectivity index (χ1) is 9.26. The lowest BCUT2D eigenvalue weighted by atomic mass is 10.0. The molecule has 104 valence electrons. The molecule has 2 fully saturated rings. The largest absolute Gasteiger partial charge is 0.449 e. The molecule has 1 saturated heterocycles. The van der Waals surface area contributed by atoms with E-state index in [2.05, 4.69) is 15.5 Å². The van der Waals surface area contributed by atoms with Crippen LogP contribution in [0.1, 0.15) is 26.2 Å². The summed E-state index contributed by atoms with van der Waals surface area (Å²) in [6, 6.07) is -0.154. The second-order valence-corrected chi connectivity index (χ2v) is 5.10. The average molecular weight is 266 g/mol. The second kappa shape index (κ2) is 5.07. The number of likely N-dealkylation sites (tertiary alicyclic amines) is 1. The minimum Gasteiger partial charge on any atom is -0.449 e. The Hall–Kier alpha value is -1.79. The van der Waals surface area contributed by atoms with Crippen molar-refractivity contribution in [2.24, 2.45) is 11.8 Å².